The highest BCUT2D eigenvalue weighted by Gasteiger charge is 2.20. The van der Waals surface area contributed by atoms with Gasteiger partial charge >= 0.3 is 0 Å². The Morgan fingerprint density at radius 3 is 2.44 bits per heavy atom. The Balaban J connectivity index is 0.00000364. The summed E-state index contributed by atoms with van der Waals surface area (Å²) in [5, 5.41) is 6.37. The van der Waals surface area contributed by atoms with Crippen molar-refractivity contribution in [3.05, 3.63) is 59.9 Å². The van der Waals surface area contributed by atoms with Gasteiger partial charge < -0.3 is 10.6 Å². The van der Waals surface area contributed by atoms with Gasteiger partial charge in [-0.3, -0.25) is 9.98 Å². The Labute approximate surface area is 178 Å². The standard InChI is InChI=1S/C18H25N5O2S.HI/c1-19-18(21-13-11-16-9-6-7-12-20-16)22-14-15-8-4-5-10-17(15)26(24,25)23(2)3;/h4-10,12H,11,13-14H2,1-3H3,(H2,19,21,22);1H. The molecule has 0 fully saturated rings. The molecule has 0 saturated heterocycles. The molecule has 0 aliphatic rings. The Kier molecular flexibility index (Phi) is 9.67. The summed E-state index contributed by atoms with van der Waals surface area (Å²) in [6.45, 7) is 1.03. The highest BCUT2D eigenvalue weighted by Crippen LogP contribution is 2.18. The molecule has 0 aliphatic heterocycles. The van der Waals surface area contributed by atoms with Crippen LogP contribution < -0.4 is 10.6 Å². The van der Waals surface area contributed by atoms with Crippen molar-refractivity contribution in [3.8, 4) is 0 Å². The summed E-state index contributed by atoms with van der Waals surface area (Å²) in [7, 11) is 1.24. The minimum absolute atomic E-state index is 0. The SMILES string of the molecule is CN=C(NCCc1ccccn1)NCc1ccccc1S(=O)(=O)N(C)C.I. The molecule has 0 saturated carbocycles. The van der Waals surface area contributed by atoms with Gasteiger partial charge in [0.2, 0.25) is 10.0 Å². The lowest BCUT2D eigenvalue weighted by Gasteiger charge is -2.17. The molecule has 27 heavy (non-hydrogen) atoms. The lowest BCUT2D eigenvalue weighted by atomic mass is 10.2. The second-order valence-electron chi connectivity index (χ2n) is 5.82. The zero-order chi connectivity index (χ0) is 19.0. The number of hydrogen-bond donors (Lipinski definition) is 2. The maximum atomic E-state index is 12.4. The van der Waals surface area contributed by atoms with E-state index in [1.165, 1.54) is 18.4 Å². The van der Waals surface area contributed by atoms with Gasteiger partial charge in [-0.25, -0.2) is 12.7 Å². The van der Waals surface area contributed by atoms with Crippen LogP contribution in [0.25, 0.3) is 0 Å². The van der Waals surface area contributed by atoms with Crippen molar-refractivity contribution in [1.29, 1.82) is 0 Å². The first-order valence-electron chi connectivity index (χ1n) is 8.30. The second-order valence-corrected chi connectivity index (χ2v) is 7.94. The summed E-state index contributed by atoms with van der Waals surface area (Å²) in [5.74, 6) is 0.609. The van der Waals surface area contributed by atoms with E-state index in [9.17, 15) is 8.42 Å². The van der Waals surface area contributed by atoms with Gasteiger partial charge in [0.15, 0.2) is 5.96 Å². The van der Waals surface area contributed by atoms with Crippen molar-refractivity contribution in [1.82, 2.24) is 19.9 Å². The van der Waals surface area contributed by atoms with Crippen LogP contribution in [0.1, 0.15) is 11.3 Å². The molecule has 0 radical (unpaired) electrons. The van der Waals surface area contributed by atoms with Crippen molar-refractivity contribution in [2.75, 3.05) is 27.7 Å². The molecule has 0 amide bonds. The highest BCUT2D eigenvalue weighted by atomic mass is 127. The molecule has 0 bridgehead atoms. The van der Waals surface area contributed by atoms with Gasteiger partial charge in [-0.15, -0.1) is 24.0 Å². The third-order valence-corrected chi connectivity index (χ3v) is 5.72. The first-order chi connectivity index (χ1) is 12.4. The van der Waals surface area contributed by atoms with Crippen LogP contribution in [0.3, 0.4) is 0 Å². The van der Waals surface area contributed by atoms with Crippen LogP contribution in [0.2, 0.25) is 0 Å². The van der Waals surface area contributed by atoms with Crippen LogP contribution >= 0.6 is 24.0 Å². The number of benzene rings is 1. The minimum atomic E-state index is -3.49. The molecule has 1 aromatic carbocycles. The molecule has 0 atom stereocenters. The summed E-state index contributed by atoms with van der Waals surface area (Å²) < 4.78 is 26.1. The topological polar surface area (TPSA) is 86.7 Å². The number of nitrogens with zero attached hydrogens (tertiary/aromatic N) is 3. The first-order valence-corrected chi connectivity index (χ1v) is 9.74. The van der Waals surface area contributed by atoms with Gasteiger partial charge in [0.1, 0.15) is 0 Å². The Hall–Kier alpha value is -1.72. The van der Waals surface area contributed by atoms with E-state index in [-0.39, 0.29) is 24.0 Å². The second kappa shape index (κ2) is 11.2. The lowest BCUT2D eigenvalue weighted by molar-refractivity contribution is 0.519. The van der Waals surface area contributed by atoms with Crippen molar-refractivity contribution < 1.29 is 8.42 Å². The smallest absolute Gasteiger partial charge is 0.242 e. The van der Waals surface area contributed by atoms with Crippen LogP contribution in [0.5, 0.6) is 0 Å². The summed E-state index contributed by atoms with van der Waals surface area (Å²) in [6.07, 6.45) is 2.54. The van der Waals surface area contributed by atoms with Crippen molar-refractivity contribution in [3.63, 3.8) is 0 Å². The molecule has 148 valence electrons. The minimum Gasteiger partial charge on any atom is -0.356 e. The molecule has 2 N–H and O–H groups in total. The van der Waals surface area contributed by atoms with E-state index in [1.807, 2.05) is 24.3 Å². The molecule has 2 rings (SSSR count). The molecular formula is C18H26IN5O2S. The number of aromatic nitrogens is 1. The molecule has 0 unspecified atom stereocenters. The fourth-order valence-corrected chi connectivity index (χ4v) is 3.47. The largest absolute Gasteiger partial charge is 0.356 e. The quantitative estimate of drug-likeness (QED) is 0.342. The van der Waals surface area contributed by atoms with Gasteiger partial charge in [-0.05, 0) is 23.8 Å². The van der Waals surface area contributed by atoms with E-state index in [0.717, 1.165) is 12.1 Å². The lowest BCUT2D eigenvalue weighted by Crippen LogP contribution is -2.38. The number of rotatable bonds is 7. The number of guanidine groups is 1. The number of halogens is 1. The average Bonchev–Trinajstić information content (AvgIpc) is 2.65. The monoisotopic (exact) mass is 503 g/mol. The van der Waals surface area contributed by atoms with E-state index < -0.39 is 10.0 Å². The number of pyridine rings is 1. The zero-order valence-electron chi connectivity index (χ0n) is 15.7. The number of hydrogen-bond acceptors (Lipinski definition) is 4. The summed E-state index contributed by atoms with van der Waals surface area (Å²) in [6, 6.07) is 12.8. The fourth-order valence-electron chi connectivity index (χ4n) is 2.35. The zero-order valence-corrected chi connectivity index (χ0v) is 18.9. The number of sulfonamides is 1. The van der Waals surface area contributed by atoms with E-state index in [0.29, 0.717) is 29.5 Å². The van der Waals surface area contributed by atoms with Crippen LogP contribution in [0, 0.1) is 0 Å². The maximum absolute atomic E-state index is 12.4. The van der Waals surface area contributed by atoms with Crippen LogP contribution in [0.15, 0.2) is 58.5 Å². The van der Waals surface area contributed by atoms with Crippen molar-refractivity contribution in [2.24, 2.45) is 4.99 Å². The van der Waals surface area contributed by atoms with Gasteiger partial charge in [-0.1, -0.05) is 24.3 Å². The van der Waals surface area contributed by atoms with E-state index in [1.54, 1.807) is 31.4 Å². The fraction of sp³-hybridized carbons (Fsp3) is 0.333. The van der Waals surface area contributed by atoms with Crippen molar-refractivity contribution in [2.45, 2.75) is 17.9 Å². The molecular weight excluding hydrogens is 477 g/mol. The summed E-state index contributed by atoms with van der Waals surface area (Å²) >= 11 is 0. The van der Waals surface area contributed by atoms with Gasteiger partial charge in [0.25, 0.3) is 0 Å². The van der Waals surface area contributed by atoms with Crippen LogP contribution in [-0.2, 0) is 23.0 Å². The van der Waals surface area contributed by atoms with E-state index in [2.05, 4.69) is 20.6 Å². The normalized spacial score (nSPS) is 11.8. The molecule has 9 heteroatoms. The highest BCUT2D eigenvalue weighted by molar-refractivity contribution is 14.0. The predicted octanol–water partition coefficient (Wildman–Crippen LogP) is 1.86. The van der Waals surface area contributed by atoms with Gasteiger partial charge in [0.05, 0.1) is 4.90 Å². The summed E-state index contributed by atoms with van der Waals surface area (Å²) in [5.41, 5.74) is 1.69. The van der Waals surface area contributed by atoms with Gasteiger partial charge in [0, 0.05) is 52.5 Å². The maximum Gasteiger partial charge on any atom is 0.242 e. The molecule has 1 aromatic heterocycles. The first kappa shape index (κ1) is 23.3. The predicted molar refractivity (Wildman–Crippen MR) is 119 cm³/mol. The average molecular weight is 503 g/mol. The molecule has 0 spiro atoms. The van der Waals surface area contributed by atoms with Crippen LogP contribution in [-0.4, -0.2) is 51.4 Å². The summed E-state index contributed by atoms with van der Waals surface area (Å²) in [4.78, 5) is 8.75. The Morgan fingerprint density at radius 1 is 1.11 bits per heavy atom. The van der Waals surface area contributed by atoms with Crippen LogP contribution in [0.4, 0.5) is 0 Å². The van der Waals surface area contributed by atoms with Gasteiger partial charge in [-0.2, -0.15) is 0 Å². The third-order valence-electron chi connectivity index (χ3n) is 3.80. The Bertz CT molecular complexity index is 842. The van der Waals surface area contributed by atoms with E-state index >= 15 is 0 Å². The third kappa shape index (κ3) is 6.74. The molecule has 7 nitrogen and oxygen atoms in total. The molecule has 0 aliphatic carbocycles. The van der Waals surface area contributed by atoms with Crippen molar-refractivity contribution >= 4 is 40.0 Å². The number of aliphatic imine (C=N–C) groups is 1. The van der Waals surface area contributed by atoms with E-state index in [4.69, 9.17) is 0 Å². The number of nitrogens with one attached hydrogen (secondary N) is 2. The molecule has 2 aromatic rings. The molecule has 1 heterocycles. The Morgan fingerprint density at radius 2 is 1.81 bits per heavy atom.